The summed E-state index contributed by atoms with van der Waals surface area (Å²) in [5, 5.41) is 4.09. The van der Waals surface area contributed by atoms with Crippen molar-refractivity contribution in [2.24, 2.45) is 0 Å². The molecule has 2 rings (SSSR count). The van der Waals surface area contributed by atoms with E-state index in [-0.39, 0.29) is 0 Å². The lowest BCUT2D eigenvalue weighted by molar-refractivity contribution is 0.481. The summed E-state index contributed by atoms with van der Waals surface area (Å²) in [6, 6.07) is 14.4. The Morgan fingerprint density at radius 3 is 2.29 bits per heavy atom. The van der Waals surface area contributed by atoms with Crippen LogP contribution in [0, 0.1) is 0 Å². The van der Waals surface area contributed by atoms with Crippen molar-refractivity contribution in [2.75, 3.05) is 7.05 Å². The predicted octanol–water partition coefficient (Wildman–Crippen LogP) is 5.37. The molecule has 0 aliphatic rings. The topological polar surface area (TPSA) is 21.3 Å². The quantitative estimate of drug-likeness (QED) is 0.775. The Bertz CT molecular complexity index is 576. The van der Waals surface area contributed by atoms with Gasteiger partial charge in [0.05, 0.1) is 0 Å². The van der Waals surface area contributed by atoms with Gasteiger partial charge in [0.25, 0.3) is 0 Å². The van der Waals surface area contributed by atoms with Crippen molar-refractivity contribution in [3.63, 3.8) is 0 Å². The van der Waals surface area contributed by atoms with Crippen LogP contribution in [0.1, 0.15) is 37.4 Å². The first-order valence-corrected chi connectivity index (χ1v) is 7.79. The molecule has 2 aromatic rings. The standard InChI is InChI=1S/C18H22ClNO/c1-4-13-12-16(10-11-17(13)19)21-15-8-6-14(7-9-15)18(5-2)20-3/h6-12,18,20H,4-5H2,1-3H3. The van der Waals surface area contributed by atoms with Crippen molar-refractivity contribution in [3.05, 3.63) is 58.6 Å². The average molecular weight is 304 g/mol. The van der Waals surface area contributed by atoms with Crippen LogP contribution in [0.3, 0.4) is 0 Å². The minimum atomic E-state index is 0.390. The molecule has 0 saturated heterocycles. The van der Waals surface area contributed by atoms with Crippen molar-refractivity contribution in [2.45, 2.75) is 32.7 Å². The summed E-state index contributed by atoms with van der Waals surface area (Å²) in [6.45, 7) is 4.26. The molecule has 0 spiro atoms. The van der Waals surface area contributed by atoms with Crippen LogP contribution in [-0.2, 0) is 6.42 Å². The van der Waals surface area contributed by atoms with Gasteiger partial charge in [0.1, 0.15) is 11.5 Å². The SMILES string of the molecule is CCc1cc(Oc2ccc(C(CC)NC)cc2)ccc1Cl. The van der Waals surface area contributed by atoms with E-state index in [0.29, 0.717) is 6.04 Å². The molecule has 21 heavy (non-hydrogen) atoms. The highest BCUT2D eigenvalue weighted by Gasteiger charge is 2.07. The third-order valence-electron chi connectivity index (χ3n) is 3.67. The highest BCUT2D eigenvalue weighted by atomic mass is 35.5. The van der Waals surface area contributed by atoms with Crippen LogP contribution in [-0.4, -0.2) is 7.05 Å². The molecule has 0 bridgehead atoms. The third-order valence-corrected chi connectivity index (χ3v) is 4.04. The minimum Gasteiger partial charge on any atom is -0.457 e. The zero-order valence-electron chi connectivity index (χ0n) is 12.8. The van der Waals surface area contributed by atoms with E-state index in [1.54, 1.807) is 0 Å². The molecular formula is C18H22ClNO. The molecule has 0 radical (unpaired) electrons. The van der Waals surface area contributed by atoms with Crippen molar-refractivity contribution in [1.29, 1.82) is 0 Å². The van der Waals surface area contributed by atoms with Crippen LogP contribution in [0.5, 0.6) is 11.5 Å². The zero-order chi connectivity index (χ0) is 15.2. The second-order valence-electron chi connectivity index (χ2n) is 5.03. The number of halogens is 1. The van der Waals surface area contributed by atoms with E-state index in [1.165, 1.54) is 5.56 Å². The molecule has 0 saturated carbocycles. The van der Waals surface area contributed by atoms with E-state index < -0.39 is 0 Å². The summed E-state index contributed by atoms with van der Waals surface area (Å²) in [7, 11) is 1.98. The first-order chi connectivity index (χ1) is 10.2. The van der Waals surface area contributed by atoms with E-state index in [0.717, 1.165) is 34.9 Å². The molecule has 2 nitrogen and oxygen atoms in total. The summed E-state index contributed by atoms with van der Waals surface area (Å²) in [5.74, 6) is 1.67. The lowest BCUT2D eigenvalue weighted by atomic mass is 10.0. The van der Waals surface area contributed by atoms with Gasteiger partial charge in [0.2, 0.25) is 0 Å². The first kappa shape index (κ1) is 15.9. The molecule has 0 fully saturated rings. The first-order valence-electron chi connectivity index (χ1n) is 7.41. The third kappa shape index (κ3) is 3.99. The fraction of sp³-hybridized carbons (Fsp3) is 0.333. The second kappa shape index (κ2) is 7.48. The number of ether oxygens (including phenoxy) is 1. The van der Waals surface area contributed by atoms with Gasteiger partial charge in [-0.05, 0) is 61.3 Å². The molecule has 112 valence electrons. The monoisotopic (exact) mass is 303 g/mol. The molecular weight excluding hydrogens is 282 g/mol. The van der Waals surface area contributed by atoms with Crippen LogP contribution < -0.4 is 10.1 Å². The molecule has 0 aliphatic carbocycles. The number of hydrogen-bond donors (Lipinski definition) is 1. The van der Waals surface area contributed by atoms with Gasteiger partial charge in [0, 0.05) is 11.1 Å². The minimum absolute atomic E-state index is 0.390. The highest BCUT2D eigenvalue weighted by molar-refractivity contribution is 6.31. The van der Waals surface area contributed by atoms with Gasteiger partial charge in [-0.25, -0.2) is 0 Å². The van der Waals surface area contributed by atoms with Gasteiger partial charge in [-0.3, -0.25) is 0 Å². The number of nitrogens with one attached hydrogen (secondary N) is 1. The van der Waals surface area contributed by atoms with Gasteiger partial charge < -0.3 is 10.1 Å². The summed E-state index contributed by atoms with van der Waals surface area (Å²) in [4.78, 5) is 0. The van der Waals surface area contributed by atoms with E-state index in [2.05, 4.69) is 31.3 Å². The van der Waals surface area contributed by atoms with Crippen molar-refractivity contribution < 1.29 is 4.74 Å². The molecule has 1 N–H and O–H groups in total. The van der Waals surface area contributed by atoms with Crippen LogP contribution in [0.4, 0.5) is 0 Å². The van der Waals surface area contributed by atoms with Gasteiger partial charge in [-0.1, -0.05) is 37.6 Å². The number of hydrogen-bond acceptors (Lipinski definition) is 2. The smallest absolute Gasteiger partial charge is 0.127 e. The van der Waals surface area contributed by atoms with Crippen LogP contribution >= 0.6 is 11.6 Å². The van der Waals surface area contributed by atoms with Crippen molar-refractivity contribution in [1.82, 2.24) is 5.32 Å². The van der Waals surface area contributed by atoms with E-state index in [4.69, 9.17) is 16.3 Å². The Kier molecular flexibility index (Phi) is 5.66. The maximum absolute atomic E-state index is 6.12. The molecule has 0 heterocycles. The van der Waals surface area contributed by atoms with Crippen molar-refractivity contribution in [3.8, 4) is 11.5 Å². The summed E-state index contributed by atoms with van der Waals surface area (Å²) >= 11 is 6.12. The lowest BCUT2D eigenvalue weighted by Crippen LogP contribution is -2.14. The maximum Gasteiger partial charge on any atom is 0.127 e. The fourth-order valence-electron chi connectivity index (χ4n) is 2.40. The van der Waals surface area contributed by atoms with E-state index in [1.807, 2.05) is 37.4 Å². The molecule has 0 amide bonds. The Morgan fingerprint density at radius 2 is 1.71 bits per heavy atom. The van der Waals surface area contributed by atoms with Crippen LogP contribution in [0.2, 0.25) is 5.02 Å². The van der Waals surface area contributed by atoms with Gasteiger partial charge >= 0.3 is 0 Å². The molecule has 0 aliphatic heterocycles. The number of benzene rings is 2. The lowest BCUT2D eigenvalue weighted by Gasteiger charge is -2.15. The second-order valence-corrected chi connectivity index (χ2v) is 5.43. The Balaban J connectivity index is 2.13. The Labute approximate surface area is 132 Å². The molecule has 1 atom stereocenters. The predicted molar refractivity (Wildman–Crippen MR) is 89.4 cm³/mol. The van der Waals surface area contributed by atoms with E-state index >= 15 is 0 Å². The average Bonchev–Trinajstić information content (AvgIpc) is 2.52. The van der Waals surface area contributed by atoms with Gasteiger partial charge in [-0.2, -0.15) is 0 Å². The Morgan fingerprint density at radius 1 is 1.05 bits per heavy atom. The molecule has 0 aromatic heterocycles. The van der Waals surface area contributed by atoms with Crippen molar-refractivity contribution >= 4 is 11.6 Å². The number of rotatable bonds is 6. The van der Waals surface area contributed by atoms with E-state index in [9.17, 15) is 0 Å². The summed E-state index contributed by atoms with van der Waals surface area (Å²) in [6.07, 6.45) is 1.96. The maximum atomic E-state index is 6.12. The number of aryl methyl sites for hydroxylation is 1. The molecule has 1 unspecified atom stereocenters. The summed E-state index contributed by atoms with van der Waals surface area (Å²) < 4.78 is 5.90. The van der Waals surface area contributed by atoms with Gasteiger partial charge in [-0.15, -0.1) is 0 Å². The van der Waals surface area contributed by atoms with Crippen LogP contribution in [0.15, 0.2) is 42.5 Å². The molecule has 2 aromatic carbocycles. The largest absolute Gasteiger partial charge is 0.457 e. The summed E-state index contributed by atoms with van der Waals surface area (Å²) in [5.41, 5.74) is 2.38. The zero-order valence-corrected chi connectivity index (χ0v) is 13.6. The fourth-order valence-corrected chi connectivity index (χ4v) is 2.65. The molecule has 3 heteroatoms. The van der Waals surface area contributed by atoms with Crippen LogP contribution in [0.25, 0.3) is 0 Å². The highest BCUT2D eigenvalue weighted by Crippen LogP contribution is 2.28. The Hall–Kier alpha value is -1.51. The van der Waals surface area contributed by atoms with Gasteiger partial charge in [0.15, 0.2) is 0 Å². The normalized spacial score (nSPS) is 12.2.